The van der Waals surface area contributed by atoms with Crippen LogP contribution in [0.15, 0.2) is 0 Å². The molecule has 0 amide bonds. The molecule has 3 atom stereocenters. The van der Waals surface area contributed by atoms with Gasteiger partial charge in [0.05, 0.1) is 11.3 Å². The molecule has 0 aromatic heterocycles. The van der Waals surface area contributed by atoms with E-state index in [4.69, 9.17) is 0 Å². The van der Waals surface area contributed by atoms with Gasteiger partial charge in [-0.3, -0.25) is 9.59 Å². The van der Waals surface area contributed by atoms with Gasteiger partial charge in [-0.25, -0.2) is 0 Å². The van der Waals surface area contributed by atoms with E-state index in [0.29, 0.717) is 6.42 Å². The molecule has 0 fully saturated rings. The molecule has 3 unspecified atom stereocenters. The standard InChI is InChI=1S/C22H42O4/c1-5-9-13-18(20(23)24)14-11-15-19(12-7-3)22(16-8-4,21(25)26)17-10-6-2/h18-19H,5-17H2,1-4H3,(H,23,24)(H,25,26). The summed E-state index contributed by atoms with van der Waals surface area (Å²) in [5.41, 5.74) is -0.636. The van der Waals surface area contributed by atoms with Crippen molar-refractivity contribution in [1.29, 1.82) is 0 Å². The average molecular weight is 371 g/mol. The number of carboxylic acid groups (broad SMARTS) is 2. The zero-order valence-corrected chi connectivity index (χ0v) is 17.6. The maximum absolute atomic E-state index is 12.3. The number of carbonyl (C=O) groups is 2. The first kappa shape index (κ1) is 24.9. The first-order valence-corrected chi connectivity index (χ1v) is 10.9. The molecular weight excluding hydrogens is 328 g/mol. The van der Waals surface area contributed by atoms with Gasteiger partial charge in [0.25, 0.3) is 0 Å². The fraction of sp³-hybridized carbons (Fsp3) is 0.909. The third-order valence-electron chi connectivity index (χ3n) is 5.88. The van der Waals surface area contributed by atoms with Crippen LogP contribution in [0.25, 0.3) is 0 Å². The van der Waals surface area contributed by atoms with Gasteiger partial charge in [-0.05, 0) is 44.4 Å². The molecule has 4 heteroatoms. The monoisotopic (exact) mass is 370 g/mol. The highest BCUT2D eigenvalue weighted by atomic mass is 16.4. The SMILES string of the molecule is CCCCC(CCCC(CCC)C(CCC)(CCCC)C(=O)O)C(=O)O. The number of aliphatic carboxylic acids is 2. The van der Waals surface area contributed by atoms with Crippen LogP contribution in [0.2, 0.25) is 0 Å². The van der Waals surface area contributed by atoms with E-state index in [1.807, 2.05) is 0 Å². The summed E-state index contributed by atoms with van der Waals surface area (Å²) in [6, 6.07) is 0. The van der Waals surface area contributed by atoms with Crippen molar-refractivity contribution in [2.24, 2.45) is 17.3 Å². The van der Waals surface area contributed by atoms with Crippen LogP contribution < -0.4 is 0 Å². The zero-order chi connectivity index (χ0) is 20.0. The lowest BCUT2D eigenvalue weighted by atomic mass is 9.65. The molecule has 0 saturated carbocycles. The molecule has 0 aliphatic heterocycles. The van der Waals surface area contributed by atoms with Gasteiger partial charge < -0.3 is 10.2 Å². The molecule has 4 nitrogen and oxygen atoms in total. The minimum atomic E-state index is -0.700. The Morgan fingerprint density at radius 3 is 1.81 bits per heavy atom. The van der Waals surface area contributed by atoms with Crippen LogP contribution in [0.5, 0.6) is 0 Å². The van der Waals surface area contributed by atoms with E-state index in [1.165, 1.54) is 0 Å². The molecular formula is C22H42O4. The summed E-state index contributed by atoms with van der Waals surface area (Å²) in [7, 11) is 0. The Labute approximate surface area is 160 Å². The van der Waals surface area contributed by atoms with Gasteiger partial charge >= 0.3 is 11.9 Å². The average Bonchev–Trinajstić information content (AvgIpc) is 2.60. The first-order chi connectivity index (χ1) is 12.4. The minimum Gasteiger partial charge on any atom is -0.481 e. The van der Waals surface area contributed by atoms with E-state index < -0.39 is 17.4 Å². The van der Waals surface area contributed by atoms with Crippen molar-refractivity contribution in [3.8, 4) is 0 Å². The molecule has 0 aromatic carbocycles. The predicted octanol–water partition coefficient (Wildman–Crippen LogP) is 6.53. The number of rotatable bonds is 17. The maximum Gasteiger partial charge on any atom is 0.309 e. The largest absolute Gasteiger partial charge is 0.481 e. The third kappa shape index (κ3) is 8.09. The zero-order valence-electron chi connectivity index (χ0n) is 17.6. The van der Waals surface area contributed by atoms with Crippen LogP contribution >= 0.6 is 0 Å². The number of carboxylic acids is 2. The molecule has 2 N–H and O–H groups in total. The van der Waals surface area contributed by atoms with E-state index in [2.05, 4.69) is 27.7 Å². The van der Waals surface area contributed by atoms with Crippen molar-refractivity contribution in [1.82, 2.24) is 0 Å². The highest BCUT2D eigenvalue weighted by Gasteiger charge is 2.43. The summed E-state index contributed by atoms with van der Waals surface area (Å²) in [6.07, 6.45) is 11.2. The number of hydrogen-bond donors (Lipinski definition) is 2. The van der Waals surface area contributed by atoms with Gasteiger partial charge in [-0.2, -0.15) is 0 Å². The summed E-state index contributed by atoms with van der Waals surface area (Å²) in [5.74, 6) is -1.48. The van der Waals surface area contributed by atoms with Gasteiger partial charge in [-0.15, -0.1) is 0 Å². The van der Waals surface area contributed by atoms with Gasteiger partial charge in [0.2, 0.25) is 0 Å². The van der Waals surface area contributed by atoms with Gasteiger partial charge in [-0.1, -0.05) is 72.6 Å². The van der Waals surface area contributed by atoms with E-state index in [0.717, 1.165) is 77.0 Å². The summed E-state index contributed by atoms with van der Waals surface area (Å²) >= 11 is 0. The predicted molar refractivity (Wildman–Crippen MR) is 107 cm³/mol. The Bertz CT molecular complexity index is 394. The molecule has 0 bridgehead atoms. The molecule has 0 aliphatic carbocycles. The highest BCUT2D eigenvalue weighted by Crippen LogP contribution is 2.44. The maximum atomic E-state index is 12.3. The van der Waals surface area contributed by atoms with Crippen LogP contribution in [-0.2, 0) is 9.59 Å². The lowest BCUT2D eigenvalue weighted by molar-refractivity contribution is -0.155. The van der Waals surface area contributed by atoms with Crippen molar-refractivity contribution in [2.75, 3.05) is 0 Å². The summed E-state index contributed by atoms with van der Waals surface area (Å²) in [6.45, 7) is 8.37. The number of hydrogen-bond acceptors (Lipinski definition) is 2. The Kier molecular flexibility index (Phi) is 13.5. The fourth-order valence-corrected chi connectivity index (χ4v) is 4.36. The molecule has 0 saturated heterocycles. The third-order valence-corrected chi connectivity index (χ3v) is 5.88. The Morgan fingerprint density at radius 2 is 1.35 bits per heavy atom. The molecule has 0 aliphatic rings. The van der Waals surface area contributed by atoms with Crippen molar-refractivity contribution in [3.05, 3.63) is 0 Å². The molecule has 0 radical (unpaired) electrons. The second kappa shape index (κ2) is 14.1. The lowest BCUT2D eigenvalue weighted by Gasteiger charge is -2.38. The quantitative estimate of drug-likeness (QED) is 0.305. The number of unbranched alkanes of at least 4 members (excludes halogenated alkanes) is 2. The highest BCUT2D eigenvalue weighted by molar-refractivity contribution is 5.75. The Morgan fingerprint density at radius 1 is 0.731 bits per heavy atom. The van der Waals surface area contributed by atoms with Crippen LogP contribution in [0, 0.1) is 17.3 Å². The summed E-state index contributed by atoms with van der Waals surface area (Å²) in [4.78, 5) is 23.7. The van der Waals surface area contributed by atoms with Gasteiger partial charge in [0, 0.05) is 0 Å². The van der Waals surface area contributed by atoms with Crippen molar-refractivity contribution >= 4 is 11.9 Å². The molecule has 154 valence electrons. The van der Waals surface area contributed by atoms with Gasteiger partial charge in [0.1, 0.15) is 0 Å². The van der Waals surface area contributed by atoms with Gasteiger partial charge in [0.15, 0.2) is 0 Å². The van der Waals surface area contributed by atoms with Crippen LogP contribution in [0.3, 0.4) is 0 Å². The molecule has 0 heterocycles. The second-order valence-corrected chi connectivity index (χ2v) is 7.91. The minimum absolute atomic E-state index is 0.150. The van der Waals surface area contributed by atoms with Crippen LogP contribution in [0.4, 0.5) is 0 Å². The normalized spacial score (nSPS) is 16.0. The summed E-state index contributed by atoms with van der Waals surface area (Å²) in [5, 5.41) is 19.5. The summed E-state index contributed by atoms with van der Waals surface area (Å²) < 4.78 is 0. The smallest absolute Gasteiger partial charge is 0.309 e. The molecule has 0 aromatic rings. The van der Waals surface area contributed by atoms with Crippen LogP contribution in [-0.4, -0.2) is 22.2 Å². The van der Waals surface area contributed by atoms with E-state index >= 15 is 0 Å². The van der Waals surface area contributed by atoms with Crippen molar-refractivity contribution in [3.63, 3.8) is 0 Å². The Balaban J connectivity index is 5.12. The fourth-order valence-electron chi connectivity index (χ4n) is 4.36. The van der Waals surface area contributed by atoms with E-state index in [-0.39, 0.29) is 11.8 Å². The van der Waals surface area contributed by atoms with E-state index in [9.17, 15) is 19.8 Å². The lowest BCUT2D eigenvalue weighted by Crippen LogP contribution is -2.39. The van der Waals surface area contributed by atoms with Crippen molar-refractivity contribution in [2.45, 2.75) is 111 Å². The molecule has 0 rings (SSSR count). The second-order valence-electron chi connectivity index (χ2n) is 7.91. The van der Waals surface area contributed by atoms with Crippen LogP contribution in [0.1, 0.15) is 111 Å². The molecule has 26 heavy (non-hydrogen) atoms. The topological polar surface area (TPSA) is 74.6 Å². The molecule has 0 spiro atoms. The van der Waals surface area contributed by atoms with E-state index in [1.54, 1.807) is 0 Å². The van der Waals surface area contributed by atoms with Crippen molar-refractivity contribution < 1.29 is 19.8 Å². The Hall–Kier alpha value is -1.06. The first-order valence-electron chi connectivity index (χ1n) is 10.9.